The van der Waals surface area contributed by atoms with Crippen molar-refractivity contribution in [2.45, 2.75) is 44.8 Å². The van der Waals surface area contributed by atoms with Gasteiger partial charge in [0.05, 0.1) is 6.17 Å². The summed E-state index contributed by atoms with van der Waals surface area (Å²) in [5.41, 5.74) is 1.36. The lowest BCUT2D eigenvalue weighted by Crippen LogP contribution is -2.45. The third kappa shape index (κ3) is 2.18. The summed E-state index contributed by atoms with van der Waals surface area (Å²) >= 11 is 0. The number of rotatable bonds is 2. The highest BCUT2D eigenvalue weighted by Crippen LogP contribution is 2.20. The van der Waals surface area contributed by atoms with Gasteiger partial charge in [0, 0.05) is 19.3 Å². The van der Waals surface area contributed by atoms with Crippen LogP contribution >= 0.6 is 0 Å². The van der Waals surface area contributed by atoms with E-state index in [2.05, 4.69) is 42.5 Å². The molecule has 0 aromatic rings. The van der Waals surface area contributed by atoms with Gasteiger partial charge < -0.3 is 4.90 Å². The summed E-state index contributed by atoms with van der Waals surface area (Å²) in [4.78, 5) is 2.24. The number of allylic oxidation sites excluding steroid dienone is 2. The quantitative estimate of drug-likeness (QED) is 0.722. The number of nitrogens with zero attached hydrogens (tertiary/aromatic N) is 1. The molecular formula is C12H20N2. The highest BCUT2D eigenvalue weighted by molar-refractivity contribution is 5.22. The molecule has 78 valence electrons. The van der Waals surface area contributed by atoms with Crippen molar-refractivity contribution in [3.05, 3.63) is 23.9 Å². The number of nitrogens with one attached hydrogen (secondary N) is 1. The second-order valence-electron chi connectivity index (χ2n) is 4.48. The lowest BCUT2D eigenvalue weighted by atomic mass is 10.1. The standard InChI is InChI=1S/C12H20N2/c1-10-7-8-14(2)12(9-10)13-11-5-3-4-6-11/h7-9,11-13H,3-6H2,1-2H3. The largest absolute Gasteiger partial charge is 0.362 e. The van der Waals surface area contributed by atoms with Crippen LogP contribution in [0.2, 0.25) is 0 Å². The van der Waals surface area contributed by atoms with E-state index in [9.17, 15) is 0 Å². The first-order valence-corrected chi connectivity index (χ1v) is 5.60. The molecule has 0 aromatic heterocycles. The molecule has 14 heavy (non-hydrogen) atoms. The molecule has 1 aliphatic heterocycles. The Morgan fingerprint density at radius 2 is 2.07 bits per heavy atom. The fraction of sp³-hybridized carbons (Fsp3) is 0.667. The van der Waals surface area contributed by atoms with E-state index in [1.165, 1.54) is 31.3 Å². The van der Waals surface area contributed by atoms with Crippen molar-refractivity contribution in [2.24, 2.45) is 0 Å². The fourth-order valence-corrected chi connectivity index (χ4v) is 2.25. The molecule has 0 amide bonds. The zero-order valence-corrected chi connectivity index (χ0v) is 9.16. The van der Waals surface area contributed by atoms with Crippen molar-refractivity contribution >= 4 is 0 Å². The van der Waals surface area contributed by atoms with Crippen LogP contribution in [0, 0.1) is 0 Å². The third-order valence-electron chi connectivity index (χ3n) is 3.19. The minimum absolute atomic E-state index is 0.406. The molecule has 1 atom stereocenters. The van der Waals surface area contributed by atoms with Crippen LogP contribution in [0.15, 0.2) is 23.9 Å². The van der Waals surface area contributed by atoms with Crippen LogP contribution in [0.1, 0.15) is 32.6 Å². The second kappa shape index (κ2) is 4.18. The molecule has 0 bridgehead atoms. The number of hydrogen-bond donors (Lipinski definition) is 1. The van der Waals surface area contributed by atoms with Gasteiger partial charge in [-0.05, 0) is 31.9 Å². The summed E-state index contributed by atoms with van der Waals surface area (Å²) in [5, 5.41) is 3.70. The minimum Gasteiger partial charge on any atom is -0.362 e. The molecule has 0 spiro atoms. The zero-order chi connectivity index (χ0) is 9.97. The molecule has 1 heterocycles. The van der Waals surface area contributed by atoms with Crippen molar-refractivity contribution in [1.82, 2.24) is 10.2 Å². The molecule has 2 nitrogen and oxygen atoms in total. The Bertz CT molecular complexity index is 249. The van der Waals surface area contributed by atoms with Crippen molar-refractivity contribution in [2.75, 3.05) is 7.05 Å². The molecule has 2 rings (SSSR count). The fourth-order valence-electron chi connectivity index (χ4n) is 2.25. The Morgan fingerprint density at radius 3 is 2.79 bits per heavy atom. The van der Waals surface area contributed by atoms with Gasteiger partial charge in [0.2, 0.25) is 0 Å². The summed E-state index contributed by atoms with van der Waals surface area (Å²) in [7, 11) is 2.13. The predicted octanol–water partition coefficient (Wildman–Crippen LogP) is 2.25. The summed E-state index contributed by atoms with van der Waals surface area (Å²) < 4.78 is 0. The van der Waals surface area contributed by atoms with Crippen LogP contribution in [0.3, 0.4) is 0 Å². The third-order valence-corrected chi connectivity index (χ3v) is 3.19. The Morgan fingerprint density at radius 1 is 1.36 bits per heavy atom. The first kappa shape index (κ1) is 9.78. The minimum atomic E-state index is 0.406. The molecule has 0 aromatic carbocycles. The van der Waals surface area contributed by atoms with Gasteiger partial charge in [-0.2, -0.15) is 0 Å². The maximum Gasteiger partial charge on any atom is 0.0986 e. The summed E-state index contributed by atoms with van der Waals surface area (Å²) in [5.74, 6) is 0. The second-order valence-corrected chi connectivity index (χ2v) is 4.48. The van der Waals surface area contributed by atoms with E-state index in [1.807, 2.05) is 0 Å². The molecule has 1 unspecified atom stereocenters. The van der Waals surface area contributed by atoms with E-state index in [1.54, 1.807) is 0 Å². The first-order chi connectivity index (χ1) is 6.75. The van der Waals surface area contributed by atoms with Gasteiger partial charge in [-0.15, -0.1) is 0 Å². The Hall–Kier alpha value is -0.760. The Labute approximate surface area is 86.7 Å². The van der Waals surface area contributed by atoms with Crippen molar-refractivity contribution in [3.63, 3.8) is 0 Å². The van der Waals surface area contributed by atoms with Crippen LogP contribution < -0.4 is 5.32 Å². The number of hydrogen-bond acceptors (Lipinski definition) is 2. The van der Waals surface area contributed by atoms with E-state index >= 15 is 0 Å². The van der Waals surface area contributed by atoms with E-state index in [-0.39, 0.29) is 0 Å². The molecule has 1 saturated carbocycles. The highest BCUT2D eigenvalue weighted by Gasteiger charge is 2.20. The van der Waals surface area contributed by atoms with Gasteiger partial charge in [-0.25, -0.2) is 0 Å². The molecule has 2 aliphatic rings. The van der Waals surface area contributed by atoms with Crippen LogP contribution in [-0.4, -0.2) is 24.2 Å². The van der Waals surface area contributed by atoms with Gasteiger partial charge >= 0.3 is 0 Å². The van der Waals surface area contributed by atoms with E-state index in [4.69, 9.17) is 0 Å². The SMILES string of the molecule is CC1=CC(NC2CCCC2)N(C)C=C1. The summed E-state index contributed by atoms with van der Waals surface area (Å²) in [6, 6.07) is 0.734. The normalized spacial score (nSPS) is 28.3. The van der Waals surface area contributed by atoms with Gasteiger partial charge in [0.1, 0.15) is 0 Å². The van der Waals surface area contributed by atoms with Crippen molar-refractivity contribution in [1.29, 1.82) is 0 Å². The maximum atomic E-state index is 3.70. The van der Waals surface area contributed by atoms with Gasteiger partial charge in [-0.3, -0.25) is 5.32 Å². The topological polar surface area (TPSA) is 15.3 Å². The molecule has 1 fully saturated rings. The average molecular weight is 192 g/mol. The lowest BCUT2D eigenvalue weighted by Gasteiger charge is -2.31. The van der Waals surface area contributed by atoms with Gasteiger partial charge in [-0.1, -0.05) is 18.4 Å². The number of likely N-dealkylation sites (N-methyl/N-ethyl adjacent to an activating group) is 1. The zero-order valence-electron chi connectivity index (χ0n) is 9.16. The molecule has 0 radical (unpaired) electrons. The van der Waals surface area contributed by atoms with Crippen molar-refractivity contribution in [3.8, 4) is 0 Å². The Balaban J connectivity index is 1.93. The van der Waals surface area contributed by atoms with Crippen LogP contribution in [-0.2, 0) is 0 Å². The average Bonchev–Trinajstić information content (AvgIpc) is 2.64. The predicted molar refractivity (Wildman–Crippen MR) is 59.8 cm³/mol. The summed E-state index contributed by atoms with van der Waals surface area (Å²) in [6.07, 6.45) is 12.5. The van der Waals surface area contributed by atoms with Gasteiger partial charge in [0.15, 0.2) is 0 Å². The van der Waals surface area contributed by atoms with Gasteiger partial charge in [0.25, 0.3) is 0 Å². The molecule has 2 heteroatoms. The van der Waals surface area contributed by atoms with E-state index in [0.717, 1.165) is 6.04 Å². The molecule has 0 saturated heterocycles. The van der Waals surface area contributed by atoms with Crippen molar-refractivity contribution < 1.29 is 0 Å². The molecule has 1 N–H and O–H groups in total. The first-order valence-electron chi connectivity index (χ1n) is 5.60. The summed E-state index contributed by atoms with van der Waals surface area (Å²) in [6.45, 7) is 2.16. The Kier molecular flexibility index (Phi) is 2.92. The van der Waals surface area contributed by atoms with Crippen LogP contribution in [0.25, 0.3) is 0 Å². The highest BCUT2D eigenvalue weighted by atomic mass is 15.2. The van der Waals surface area contributed by atoms with Crippen LogP contribution in [0.4, 0.5) is 0 Å². The van der Waals surface area contributed by atoms with E-state index in [0.29, 0.717) is 6.17 Å². The smallest absolute Gasteiger partial charge is 0.0986 e. The molecule has 1 aliphatic carbocycles. The monoisotopic (exact) mass is 192 g/mol. The van der Waals surface area contributed by atoms with Crippen LogP contribution in [0.5, 0.6) is 0 Å². The lowest BCUT2D eigenvalue weighted by molar-refractivity contribution is 0.292. The van der Waals surface area contributed by atoms with E-state index < -0.39 is 0 Å². The molecular weight excluding hydrogens is 172 g/mol. The maximum absolute atomic E-state index is 3.70.